The van der Waals surface area contributed by atoms with Crippen LogP contribution in [-0.2, 0) is 28.7 Å². The Morgan fingerprint density at radius 1 is 1.18 bits per heavy atom. The first-order valence-electron chi connectivity index (χ1n) is 10.6. The van der Waals surface area contributed by atoms with Gasteiger partial charge in [-0.2, -0.15) is 18.2 Å². The van der Waals surface area contributed by atoms with Gasteiger partial charge >= 0.3 is 6.18 Å². The summed E-state index contributed by atoms with van der Waals surface area (Å²) in [5.41, 5.74) is 3.16. The fourth-order valence-corrected chi connectivity index (χ4v) is 3.57. The average Bonchev–Trinajstić information content (AvgIpc) is 3.51. The van der Waals surface area contributed by atoms with Crippen molar-refractivity contribution in [1.29, 1.82) is 0 Å². The number of carbonyl (C=O) groups excluding carboxylic acids is 2. The molecule has 4 rings (SSSR count). The number of benzene rings is 1. The van der Waals surface area contributed by atoms with Crippen LogP contribution in [0.25, 0.3) is 5.78 Å². The van der Waals surface area contributed by atoms with Gasteiger partial charge in [0.05, 0.1) is 0 Å². The normalized spacial score (nSPS) is 13.8. The number of halogens is 3. The van der Waals surface area contributed by atoms with Gasteiger partial charge in [-0.05, 0) is 56.4 Å². The Labute approximate surface area is 187 Å². The Kier molecular flexibility index (Phi) is 6.05. The van der Waals surface area contributed by atoms with Crippen molar-refractivity contribution in [2.75, 3.05) is 5.32 Å². The van der Waals surface area contributed by atoms with Crippen molar-refractivity contribution in [3.8, 4) is 0 Å². The molecule has 11 heteroatoms. The molecule has 2 aromatic heterocycles. The highest BCUT2D eigenvalue weighted by atomic mass is 19.4. The molecule has 2 heterocycles. The molecule has 174 valence electrons. The minimum absolute atomic E-state index is 0.0160. The SMILES string of the molecule is Cc1nc2nc(C(F)(F)F)nn2c(C)c1CCC(=O)NCc1cccc(NC(=O)C2CC2)c1. The minimum atomic E-state index is -4.66. The molecular formula is C22H23F3N6O2. The lowest BCUT2D eigenvalue weighted by atomic mass is 10.1. The molecule has 0 aliphatic heterocycles. The summed E-state index contributed by atoms with van der Waals surface area (Å²) in [6.07, 6.45) is -2.39. The van der Waals surface area contributed by atoms with Crippen molar-refractivity contribution >= 4 is 23.3 Å². The summed E-state index contributed by atoms with van der Waals surface area (Å²) in [6, 6.07) is 7.28. The van der Waals surface area contributed by atoms with E-state index in [1.54, 1.807) is 19.9 Å². The number of anilines is 1. The standard InChI is InChI=1S/C22H23F3N6O2/c1-12-17(13(2)31-21(27-12)29-20(30-31)22(23,24)25)8-9-18(32)26-11-14-4-3-5-16(10-14)28-19(33)15-6-7-15/h3-5,10,15H,6-9,11H2,1-2H3,(H,26,32)(H,28,33). The van der Waals surface area contributed by atoms with Gasteiger partial charge in [0, 0.05) is 36.0 Å². The maximum Gasteiger partial charge on any atom is 0.453 e. The smallest absolute Gasteiger partial charge is 0.352 e. The number of nitrogens with zero attached hydrogens (tertiary/aromatic N) is 4. The Hall–Kier alpha value is -3.50. The third-order valence-electron chi connectivity index (χ3n) is 5.54. The summed E-state index contributed by atoms with van der Waals surface area (Å²) in [5.74, 6) is -1.47. The lowest BCUT2D eigenvalue weighted by molar-refractivity contribution is -0.144. The lowest BCUT2D eigenvalue weighted by Crippen LogP contribution is -2.23. The maximum atomic E-state index is 12.9. The molecule has 0 bridgehead atoms. The van der Waals surface area contributed by atoms with Gasteiger partial charge in [-0.25, -0.2) is 9.50 Å². The number of hydrogen-bond acceptors (Lipinski definition) is 5. The number of fused-ring (bicyclic) bond motifs is 1. The van der Waals surface area contributed by atoms with Gasteiger partial charge < -0.3 is 10.6 Å². The van der Waals surface area contributed by atoms with Crippen LogP contribution < -0.4 is 10.6 Å². The summed E-state index contributed by atoms with van der Waals surface area (Å²) >= 11 is 0. The van der Waals surface area contributed by atoms with Crippen LogP contribution in [0.15, 0.2) is 24.3 Å². The van der Waals surface area contributed by atoms with Crippen molar-refractivity contribution in [2.24, 2.45) is 5.92 Å². The highest BCUT2D eigenvalue weighted by molar-refractivity contribution is 5.94. The monoisotopic (exact) mass is 460 g/mol. The molecule has 1 fully saturated rings. The highest BCUT2D eigenvalue weighted by Gasteiger charge is 2.37. The van der Waals surface area contributed by atoms with Crippen LogP contribution in [0.5, 0.6) is 0 Å². The number of aryl methyl sites for hydroxylation is 2. The van der Waals surface area contributed by atoms with Gasteiger partial charge in [0.25, 0.3) is 11.6 Å². The van der Waals surface area contributed by atoms with Gasteiger partial charge in [-0.3, -0.25) is 9.59 Å². The molecule has 33 heavy (non-hydrogen) atoms. The molecule has 2 amide bonds. The molecule has 1 aromatic carbocycles. The summed E-state index contributed by atoms with van der Waals surface area (Å²) in [6.45, 7) is 3.59. The molecular weight excluding hydrogens is 437 g/mol. The highest BCUT2D eigenvalue weighted by Crippen LogP contribution is 2.30. The number of amides is 2. The molecule has 0 radical (unpaired) electrons. The van der Waals surface area contributed by atoms with Crippen molar-refractivity contribution < 1.29 is 22.8 Å². The second-order valence-corrected chi connectivity index (χ2v) is 8.15. The van der Waals surface area contributed by atoms with E-state index in [0.29, 0.717) is 35.6 Å². The van der Waals surface area contributed by atoms with Crippen molar-refractivity contribution in [3.05, 3.63) is 52.6 Å². The summed E-state index contributed by atoms with van der Waals surface area (Å²) in [5, 5.41) is 9.22. The predicted octanol–water partition coefficient (Wildman–Crippen LogP) is 3.36. The number of alkyl halides is 3. The van der Waals surface area contributed by atoms with Crippen LogP contribution in [0.3, 0.4) is 0 Å². The van der Waals surface area contributed by atoms with Gasteiger partial charge in [0.2, 0.25) is 11.8 Å². The number of carbonyl (C=O) groups is 2. The van der Waals surface area contributed by atoms with E-state index in [0.717, 1.165) is 22.9 Å². The van der Waals surface area contributed by atoms with Crippen LogP contribution in [0.2, 0.25) is 0 Å². The first-order chi connectivity index (χ1) is 15.6. The van der Waals surface area contributed by atoms with E-state index in [2.05, 4.69) is 25.7 Å². The molecule has 2 N–H and O–H groups in total. The van der Waals surface area contributed by atoms with Crippen LogP contribution >= 0.6 is 0 Å². The van der Waals surface area contributed by atoms with Crippen LogP contribution in [0.1, 0.15) is 47.6 Å². The van der Waals surface area contributed by atoms with E-state index < -0.39 is 12.0 Å². The quantitative estimate of drug-likeness (QED) is 0.563. The van der Waals surface area contributed by atoms with E-state index in [9.17, 15) is 22.8 Å². The molecule has 1 saturated carbocycles. The van der Waals surface area contributed by atoms with Gasteiger partial charge in [-0.15, -0.1) is 5.10 Å². The maximum absolute atomic E-state index is 12.9. The van der Waals surface area contributed by atoms with Gasteiger partial charge in [0.1, 0.15) is 0 Å². The van der Waals surface area contributed by atoms with E-state index in [1.807, 2.05) is 18.2 Å². The van der Waals surface area contributed by atoms with Gasteiger partial charge in [-0.1, -0.05) is 12.1 Å². The van der Waals surface area contributed by atoms with Crippen molar-refractivity contribution in [1.82, 2.24) is 24.9 Å². The fraction of sp³-hybridized carbons (Fsp3) is 0.409. The Morgan fingerprint density at radius 3 is 2.64 bits per heavy atom. The van der Waals surface area contributed by atoms with Crippen LogP contribution in [0, 0.1) is 19.8 Å². The zero-order valence-electron chi connectivity index (χ0n) is 18.2. The first kappa shape index (κ1) is 22.7. The van der Waals surface area contributed by atoms with E-state index in [-0.39, 0.29) is 29.9 Å². The molecule has 0 atom stereocenters. The summed E-state index contributed by atoms with van der Waals surface area (Å²) < 4.78 is 39.8. The summed E-state index contributed by atoms with van der Waals surface area (Å²) in [4.78, 5) is 31.9. The number of hydrogen-bond donors (Lipinski definition) is 2. The molecule has 0 unspecified atom stereocenters. The predicted molar refractivity (Wildman–Crippen MR) is 113 cm³/mol. The Bertz CT molecular complexity index is 1220. The largest absolute Gasteiger partial charge is 0.453 e. The van der Waals surface area contributed by atoms with Crippen molar-refractivity contribution in [3.63, 3.8) is 0 Å². The van der Waals surface area contributed by atoms with Gasteiger partial charge in [0.15, 0.2) is 0 Å². The molecule has 8 nitrogen and oxygen atoms in total. The molecule has 0 saturated heterocycles. The van der Waals surface area contributed by atoms with Crippen molar-refractivity contribution in [2.45, 2.75) is 52.3 Å². The topological polar surface area (TPSA) is 101 Å². The van der Waals surface area contributed by atoms with E-state index in [4.69, 9.17) is 0 Å². The Morgan fingerprint density at radius 2 is 1.94 bits per heavy atom. The molecule has 1 aliphatic rings. The Balaban J connectivity index is 1.36. The third-order valence-corrected chi connectivity index (χ3v) is 5.54. The summed E-state index contributed by atoms with van der Waals surface area (Å²) in [7, 11) is 0. The lowest BCUT2D eigenvalue weighted by Gasteiger charge is -2.11. The van der Waals surface area contributed by atoms with Crippen LogP contribution in [0.4, 0.5) is 18.9 Å². The third kappa shape index (κ3) is 5.29. The number of rotatable bonds is 7. The number of aromatic nitrogens is 4. The minimum Gasteiger partial charge on any atom is -0.352 e. The second kappa shape index (κ2) is 8.80. The zero-order chi connectivity index (χ0) is 23.8. The van der Waals surface area contributed by atoms with Crippen LogP contribution in [-0.4, -0.2) is 31.4 Å². The molecule has 1 aliphatic carbocycles. The van der Waals surface area contributed by atoms with E-state index >= 15 is 0 Å². The molecule has 0 spiro atoms. The fourth-order valence-electron chi connectivity index (χ4n) is 3.57. The first-order valence-corrected chi connectivity index (χ1v) is 10.6. The molecule has 3 aromatic rings. The average molecular weight is 460 g/mol. The zero-order valence-corrected chi connectivity index (χ0v) is 18.2. The number of nitrogens with one attached hydrogen (secondary N) is 2. The van der Waals surface area contributed by atoms with E-state index in [1.165, 1.54) is 0 Å². The second-order valence-electron chi connectivity index (χ2n) is 8.15.